The lowest BCUT2D eigenvalue weighted by Crippen LogP contribution is -2.18. The summed E-state index contributed by atoms with van der Waals surface area (Å²) in [7, 11) is 0. The molecule has 0 saturated heterocycles. The summed E-state index contributed by atoms with van der Waals surface area (Å²) < 4.78 is 10.3. The van der Waals surface area contributed by atoms with Gasteiger partial charge in [0.25, 0.3) is 0 Å². The molecule has 4 heteroatoms. The van der Waals surface area contributed by atoms with E-state index in [4.69, 9.17) is 9.47 Å². The molecule has 0 atom stereocenters. The third kappa shape index (κ3) is 4.18. The van der Waals surface area contributed by atoms with Crippen LogP contribution in [-0.2, 0) is 9.59 Å². The smallest absolute Gasteiger partial charge is 0.322 e. The minimum Gasteiger partial charge on any atom is -0.426 e. The first kappa shape index (κ1) is 14.8. The molecule has 108 valence electrons. The molecule has 0 spiro atoms. The largest absolute Gasteiger partial charge is 0.426 e. The van der Waals surface area contributed by atoms with Gasteiger partial charge in [-0.1, -0.05) is 36.4 Å². The van der Waals surface area contributed by atoms with E-state index in [0.29, 0.717) is 11.5 Å². The standard InChI is InChI=1S/C17H16O4/c1-12-7-3-5-9-14(12)20-16(18)11-17(19)21-15-10-6-4-8-13(15)2/h3-10H,11H2,1-2H3. The fourth-order valence-corrected chi connectivity index (χ4v) is 1.78. The van der Waals surface area contributed by atoms with Gasteiger partial charge in [0.1, 0.15) is 17.9 Å². The maximum Gasteiger partial charge on any atom is 0.322 e. The van der Waals surface area contributed by atoms with Crippen LogP contribution in [0.15, 0.2) is 48.5 Å². The Bertz CT molecular complexity index is 604. The second-order valence-electron chi connectivity index (χ2n) is 4.66. The zero-order valence-corrected chi connectivity index (χ0v) is 12.0. The molecule has 0 bridgehead atoms. The summed E-state index contributed by atoms with van der Waals surface area (Å²) in [6.45, 7) is 3.66. The second kappa shape index (κ2) is 6.70. The van der Waals surface area contributed by atoms with Crippen molar-refractivity contribution in [2.24, 2.45) is 0 Å². The van der Waals surface area contributed by atoms with Crippen LogP contribution in [0, 0.1) is 13.8 Å². The Morgan fingerprint density at radius 3 is 1.52 bits per heavy atom. The first-order chi connectivity index (χ1) is 10.1. The molecule has 0 aliphatic rings. The molecule has 2 aromatic rings. The molecule has 0 saturated carbocycles. The number of rotatable bonds is 4. The lowest BCUT2D eigenvalue weighted by molar-refractivity contribution is -0.144. The van der Waals surface area contributed by atoms with Crippen molar-refractivity contribution in [1.82, 2.24) is 0 Å². The molecule has 0 unspecified atom stereocenters. The number of hydrogen-bond donors (Lipinski definition) is 0. The van der Waals surface area contributed by atoms with Gasteiger partial charge >= 0.3 is 11.9 Å². The van der Waals surface area contributed by atoms with Crippen LogP contribution in [0.3, 0.4) is 0 Å². The number of carbonyl (C=O) groups excluding carboxylic acids is 2. The lowest BCUT2D eigenvalue weighted by Gasteiger charge is -2.08. The molecule has 0 fully saturated rings. The van der Waals surface area contributed by atoms with Crippen molar-refractivity contribution in [3.63, 3.8) is 0 Å². The number of carbonyl (C=O) groups is 2. The van der Waals surface area contributed by atoms with Crippen LogP contribution in [0.5, 0.6) is 11.5 Å². The maximum absolute atomic E-state index is 11.7. The van der Waals surface area contributed by atoms with Gasteiger partial charge in [0, 0.05) is 0 Å². The fraction of sp³-hybridized carbons (Fsp3) is 0.176. The molecular formula is C17H16O4. The Balaban J connectivity index is 1.93. The van der Waals surface area contributed by atoms with E-state index in [9.17, 15) is 9.59 Å². The number of ether oxygens (including phenoxy) is 2. The summed E-state index contributed by atoms with van der Waals surface area (Å²) in [6, 6.07) is 14.2. The molecule has 0 radical (unpaired) electrons. The summed E-state index contributed by atoms with van der Waals surface area (Å²) >= 11 is 0. The van der Waals surface area contributed by atoms with Crippen LogP contribution >= 0.6 is 0 Å². The quantitative estimate of drug-likeness (QED) is 0.491. The fourth-order valence-electron chi connectivity index (χ4n) is 1.78. The van der Waals surface area contributed by atoms with Gasteiger partial charge in [-0.3, -0.25) is 9.59 Å². The van der Waals surface area contributed by atoms with E-state index in [1.54, 1.807) is 24.3 Å². The zero-order chi connectivity index (χ0) is 15.2. The Labute approximate surface area is 123 Å². The van der Waals surface area contributed by atoms with Crippen LogP contribution in [0.25, 0.3) is 0 Å². The molecule has 2 aromatic carbocycles. The van der Waals surface area contributed by atoms with Gasteiger partial charge in [0.2, 0.25) is 0 Å². The molecule has 21 heavy (non-hydrogen) atoms. The molecule has 4 nitrogen and oxygen atoms in total. The highest BCUT2D eigenvalue weighted by Gasteiger charge is 2.15. The van der Waals surface area contributed by atoms with E-state index in [1.165, 1.54) is 0 Å². The first-order valence-corrected chi connectivity index (χ1v) is 6.59. The number of benzene rings is 2. The van der Waals surface area contributed by atoms with Crippen molar-refractivity contribution in [1.29, 1.82) is 0 Å². The van der Waals surface area contributed by atoms with Crippen LogP contribution in [-0.4, -0.2) is 11.9 Å². The first-order valence-electron chi connectivity index (χ1n) is 6.59. The van der Waals surface area contributed by atoms with E-state index in [2.05, 4.69) is 0 Å². The second-order valence-corrected chi connectivity index (χ2v) is 4.66. The molecule has 0 N–H and O–H groups in total. The molecule has 0 aliphatic carbocycles. The van der Waals surface area contributed by atoms with Gasteiger partial charge < -0.3 is 9.47 Å². The number of hydrogen-bond acceptors (Lipinski definition) is 4. The predicted molar refractivity (Wildman–Crippen MR) is 78.2 cm³/mol. The minimum atomic E-state index is -0.636. The highest BCUT2D eigenvalue weighted by atomic mass is 16.6. The highest BCUT2D eigenvalue weighted by Crippen LogP contribution is 2.18. The Kier molecular flexibility index (Phi) is 4.72. The highest BCUT2D eigenvalue weighted by molar-refractivity contribution is 5.93. The van der Waals surface area contributed by atoms with Crippen LogP contribution in [0.1, 0.15) is 17.5 Å². The Morgan fingerprint density at radius 1 is 0.762 bits per heavy atom. The normalized spacial score (nSPS) is 10.0. The van der Waals surface area contributed by atoms with Gasteiger partial charge in [0.05, 0.1) is 0 Å². The van der Waals surface area contributed by atoms with E-state index >= 15 is 0 Å². The molecular weight excluding hydrogens is 268 g/mol. The van der Waals surface area contributed by atoms with E-state index < -0.39 is 18.4 Å². The van der Waals surface area contributed by atoms with Crippen LogP contribution in [0.4, 0.5) is 0 Å². The Hall–Kier alpha value is -2.62. The van der Waals surface area contributed by atoms with Crippen molar-refractivity contribution in [3.8, 4) is 11.5 Å². The summed E-state index contributed by atoms with van der Waals surface area (Å²) in [6.07, 6.45) is -0.428. The van der Waals surface area contributed by atoms with Gasteiger partial charge in [-0.2, -0.15) is 0 Å². The van der Waals surface area contributed by atoms with Crippen molar-refractivity contribution in [3.05, 3.63) is 59.7 Å². The van der Waals surface area contributed by atoms with Crippen molar-refractivity contribution in [2.45, 2.75) is 20.3 Å². The molecule has 2 rings (SSSR count). The topological polar surface area (TPSA) is 52.6 Å². The van der Waals surface area contributed by atoms with E-state index in [1.807, 2.05) is 38.1 Å². The summed E-state index contributed by atoms with van der Waals surface area (Å²) in [5, 5.41) is 0. The van der Waals surface area contributed by atoms with Gasteiger partial charge in [-0.05, 0) is 37.1 Å². The third-order valence-corrected chi connectivity index (χ3v) is 2.92. The number of para-hydroxylation sites is 2. The monoisotopic (exact) mass is 284 g/mol. The van der Waals surface area contributed by atoms with Crippen LogP contribution in [0.2, 0.25) is 0 Å². The van der Waals surface area contributed by atoms with Gasteiger partial charge in [-0.15, -0.1) is 0 Å². The van der Waals surface area contributed by atoms with Gasteiger partial charge in [-0.25, -0.2) is 0 Å². The molecule has 0 heterocycles. The molecule has 0 aromatic heterocycles. The molecule has 0 amide bonds. The van der Waals surface area contributed by atoms with Crippen molar-refractivity contribution in [2.75, 3.05) is 0 Å². The number of esters is 2. The summed E-state index contributed by atoms with van der Waals surface area (Å²) in [4.78, 5) is 23.5. The van der Waals surface area contributed by atoms with E-state index in [-0.39, 0.29) is 0 Å². The van der Waals surface area contributed by atoms with Crippen LogP contribution < -0.4 is 9.47 Å². The number of aryl methyl sites for hydroxylation is 2. The summed E-state index contributed by atoms with van der Waals surface area (Å²) in [5.41, 5.74) is 1.66. The lowest BCUT2D eigenvalue weighted by atomic mass is 10.2. The van der Waals surface area contributed by atoms with Gasteiger partial charge in [0.15, 0.2) is 0 Å². The SMILES string of the molecule is Cc1ccccc1OC(=O)CC(=O)Oc1ccccc1C. The van der Waals surface area contributed by atoms with Crippen molar-refractivity contribution < 1.29 is 19.1 Å². The van der Waals surface area contributed by atoms with E-state index in [0.717, 1.165) is 11.1 Å². The minimum absolute atomic E-state index is 0.428. The molecule has 0 aliphatic heterocycles. The van der Waals surface area contributed by atoms with Crippen molar-refractivity contribution >= 4 is 11.9 Å². The third-order valence-electron chi connectivity index (χ3n) is 2.92. The summed E-state index contributed by atoms with van der Waals surface area (Å²) in [5.74, 6) is -0.372. The zero-order valence-electron chi connectivity index (χ0n) is 12.0. The average Bonchev–Trinajstić information content (AvgIpc) is 2.44. The predicted octanol–water partition coefficient (Wildman–Crippen LogP) is 3.20. The Morgan fingerprint density at radius 2 is 1.14 bits per heavy atom. The average molecular weight is 284 g/mol. The maximum atomic E-state index is 11.7.